The van der Waals surface area contributed by atoms with Gasteiger partial charge in [-0.3, -0.25) is 4.79 Å². The van der Waals surface area contributed by atoms with Crippen molar-refractivity contribution in [1.82, 2.24) is 0 Å². The van der Waals surface area contributed by atoms with Gasteiger partial charge in [-0.15, -0.1) is 0 Å². The Hall–Kier alpha value is -0.730. The van der Waals surface area contributed by atoms with E-state index in [2.05, 4.69) is 13.8 Å². The van der Waals surface area contributed by atoms with Gasteiger partial charge in [-0.2, -0.15) is 0 Å². The van der Waals surface area contributed by atoms with Gasteiger partial charge < -0.3 is 30.3 Å². The monoisotopic (exact) mass is 496 g/mol. The minimum absolute atomic E-state index is 0.0189. The zero-order valence-corrected chi connectivity index (χ0v) is 22.4. The SMILES string of the molecule is C[C@H]([C@@H](O)[C@H](O)[C@@H](C)C(C)(C)O)[C@H]1CC[C@H]2[C@H](CO)[C@@H]([C@@]3(C)C[C@@H](O)[C@@H]4C[C@H]3C(=O)O4)CC[C@]12C. The molecule has 13 atom stereocenters. The summed E-state index contributed by atoms with van der Waals surface area (Å²) in [5.74, 6) is -0.477. The summed E-state index contributed by atoms with van der Waals surface area (Å²) in [4.78, 5) is 12.7. The first-order chi connectivity index (χ1) is 16.2. The molecule has 7 heteroatoms. The van der Waals surface area contributed by atoms with Crippen LogP contribution in [-0.2, 0) is 9.53 Å². The first-order valence-corrected chi connectivity index (χ1v) is 13.7. The van der Waals surface area contributed by atoms with Crippen LogP contribution in [0.25, 0.3) is 0 Å². The van der Waals surface area contributed by atoms with Crippen molar-refractivity contribution in [2.75, 3.05) is 6.61 Å². The summed E-state index contributed by atoms with van der Waals surface area (Å²) in [6.07, 6.45) is 1.71. The predicted octanol–water partition coefficient (Wildman–Crippen LogP) is 2.50. The molecule has 0 spiro atoms. The van der Waals surface area contributed by atoms with Crippen LogP contribution in [0.15, 0.2) is 0 Å². The molecule has 3 aliphatic carbocycles. The van der Waals surface area contributed by atoms with Crippen molar-refractivity contribution in [2.45, 2.75) is 110 Å². The second-order valence-electron chi connectivity index (χ2n) is 13.6. The molecular weight excluding hydrogens is 448 g/mol. The summed E-state index contributed by atoms with van der Waals surface area (Å²) >= 11 is 0. The highest BCUT2D eigenvalue weighted by molar-refractivity contribution is 5.76. The lowest BCUT2D eigenvalue weighted by atomic mass is 9.48. The molecule has 7 nitrogen and oxygen atoms in total. The number of carbonyl (C=O) groups is 1. The second kappa shape index (κ2) is 9.23. The Morgan fingerprint density at radius 3 is 2.29 bits per heavy atom. The molecule has 5 N–H and O–H groups in total. The fourth-order valence-electron chi connectivity index (χ4n) is 9.04. The topological polar surface area (TPSA) is 127 Å². The maximum absolute atomic E-state index is 12.7. The van der Waals surface area contributed by atoms with Crippen molar-refractivity contribution in [2.24, 2.45) is 52.3 Å². The number of fused-ring (bicyclic) bond motifs is 3. The quantitative estimate of drug-likeness (QED) is 0.343. The molecule has 1 saturated heterocycles. The zero-order valence-electron chi connectivity index (χ0n) is 22.4. The number of esters is 1. The lowest BCUT2D eigenvalue weighted by Gasteiger charge is -2.56. The Kier molecular flexibility index (Phi) is 7.20. The maximum Gasteiger partial charge on any atom is 0.310 e. The van der Waals surface area contributed by atoms with Crippen LogP contribution in [0.1, 0.15) is 80.1 Å². The van der Waals surface area contributed by atoms with E-state index in [0.717, 1.165) is 25.7 Å². The van der Waals surface area contributed by atoms with Gasteiger partial charge in [0, 0.05) is 18.9 Å². The van der Waals surface area contributed by atoms with Gasteiger partial charge in [0.15, 0.2) is 0 Å². The molecule has 0 aromatic carbocycles. The summed E-state index contributed by atoms with van der Waals surface area (Å²) in [5.41, 5.74) is -1.59. The van der Waals surface area contributed by atoms with Crippen molar-refractivity contribution in [1.29, 1.82) is 0 Å². The van der Waals surface area contributed by atoms with E-state index in [-0.39, 0.29) is 53.5 Å². The highest BCUT2D eigenvalue weighted by Crippen LogP contribution is 2.66. The Balaban J connectivity index is 1.55. The first kappa shape index (κ1) is 27.3. The molecule has 4 aliphatic rings. The Labute approximate surface area is 210 Å². The number of hydrogen-bond acceptors (Lipinski definition) is 7. The van der Waals surface area contributed by atoms with Crippen molar-refractivity contribution in [3.8, 4) is 0 Å². The molecule has 1 heterocycles. The molecule has 0 radical (unpaired) electrons. The van der Waals surface area contributed by atoms with E-state index in [1.165, 1.54) is 0 Å². The summed E-state index contributed by atoms with van der Waals surface area (Å²) in [6.45, 7) is 11.5. The molecule has 3 saturated carbocycles. The van der Waals surface area contributed by atoms with Gasteiger partial charge in [-0.1, -0.05) is 27.7 Å². The van der Waals surface area contributed by atoms with Crippen LogP contribution in [0, 0.1) is 52.3 Å². The third-order valence-corrected chi connectivity index (χ3v) is 11.6. The average molecular weight is 497 g/mol. The number of ether oxygens (including phenoxy) is 1. The van der Waals surface area contributed by atoms with Gasteiger partial charge >= 0.3 is 5.97 Å². The van der Waals surface area contributed by atoms with E-state index in [4.69, 9.17) is 4.74 Å². The van der Waals surface area contributed by atoms with Crippen LogP contribution >= 0.6 is 0 Å². The number of aliphatic hydroxyl groups is 5. The van der Waals surface area contributed by atoms with Crippen LogP contribution < -0.4 is 0 Å². The highest BCUT2D eigenvalue weighted by atomic mass is 16.6. The molecule has 4 fully saturated rings. The van der Waals surface area contributed by atoms with E-state index in [1.54, 1.807) is 20.8 Å². The van der Waals surface area contributed by atoms with Gasteiger partial charge in [0.2, 0.25) is 0 Å². The number of carbonyl (C=O) groups excluding carboxylic acids is 1. The van der Waals surface area contributed by atoms with Gasteiger partial charge in [0.05, 0.1) is 29.8 Å². The number of hydrogen-bond donors (Lipinski definition) is 5. The van der Waals surface area contributed by atoms with Gasteiger partial charge in [0.1, 0.15) is 6.10 Å². The van der Waals surface area contributed by atoms with E-state index in [0.29, 0.717) is 12.8 Å². The lowest BCUT2D eigenvalue weighted by Crippen LogP contribution is -2.54. The van der Waals surface area contributed by atoms with Crippen molar-refractivity contribution < 1.29 is 35.1 Å². The van der Waals surface area contributed by atoms with Crippen LogP contribution in [0.4, 0.5) is 0 Å². The lowest BCUT2D eigenvalue weighted by molar-refractivity contribution is -0.149. The fraction of sp³-hybridized carbons (Fsp3) is 0.964. The summed E-state index contributed by atoms with van der Waals surface area (Å²) in [5, 5.41) is 53.7. The van der Waals surface area contributed by atoms with Gasteiger partial charge in [-0.05, 0) is 86.4 Å². The average Bonchev–Trinajstić information content (AvgIpc) is 3.33. The third-order valence-electron chi connectivity index (χ3n) is 11.6. The van der Waals surface area contributed by atoms with Crippen LogP contribution in [0.2, 0.25) is 0 Å². The van der Waals surface area contributed by atoms with Gasteiger partial charge in [-0.25, -0.2) is 0 Å². The molecule has 0 unspecified atom stereocenters. The summed E-state index contributed by atoms with van der Waals surface area (Å²) in [7, 11) is 0. The molecule has 35 heavy (non-hydrogen) atoms. The molecule has 4 rings (SSSR count). The van der Waals surface area contributed by atoms with Crippen molar-refractivity contribution in [3.63, 3.8) is 0 Å². The summed E-state index contributed by atoms with van der Waals surface area (Å²) < 4.78 is 5.48. The summed E-state index contributed by atoms with van der Waals surface area (Å²) in [6, 6.07) is 0. The Bertz CT molecular complexity index is 795. The minimum atomic E-state index is -1.09. The van der Waals surface area contributed by atoms with E-state index in [9.17, 15) is 30.3 Å². The molecule has 202 valence electrons. The highest BCUT2D eigenvalue weighted by Gasteiger charge is 2.63. The van der Waals surface area contributed by atoms with Crippen LogP contribution in [0.3, 0.4) is 0 Å². The number of aliphatic hydroxyl groups excluding tert-OH is 4. The number of rotatable bonds is 7. The predicted molar refractivity (Wildman–Crippen MR) is 131 cm³/mol. The minimum Gasteiger partial charge on any atom is -0.459 e. The molecule has 0 aromatic rings. The van der Waals surface area contributed by atoms with E-state index in [1.807, 2.05) is 6.92 Å². The smallest absolute Gasteiger partial charge is 0.310 e. The Morgan fingerprint density at radius 2 is 1.69 bits per heavy atom. The van der Waals surface area contributed by atoms with Crippen LogP contribution in [0.5, 0.6) is 0 Å². The second-order valence-corrected chi connectivity index (χ2v) is 13.6. The zero-order chi connectivity index (χ0) is 26.1. The van der Waals surface area contributed by atoms with Crippen molar-refractivity contribution in [3.05, 3.63) is 0 Å². The fourth-order valence-corrected chi connectivity index (χ4v) is 9.04. The van der Waals surface area contributed by atoms with Gasteiger partial charge in [0.25, 0.3) is 0 Å². The molecule has 2 bridgehead atoms. The Morgan fingerprint density at radius 1 is 1.06 bits per heavy atom. The third kappa shape index (κ3) is 4.27. The largest absolute Gasteiger partial charge is 0.459 e. The molecule has 0 aromatic heterocycles. The van der Waals surface area contributed by atoms with Crippen LogP contribution in [-0.4, -0.2) is 68.1 Å². The molecule has 1 aliphatic heterocycles. The normalized spacial score (nSPS) is 47.1. The maximum atomic E-state index is 12.7. The van der Waals surface area contributed by atoms with E-state index < -0.39 is 41.3 Å². The molecular formula is C28H48O7. The first-order valence-electron chi connectivity index (χ1n) is 13.7. The molecule has 0 amide bonds. The van der Waals surface area contributed by atoms with E-state index >= 15 is 0 Å². The van der Waals surface area contributed by atoms with Crippen molar-refractivity contribution >= 4 is 5.97 Å². The standard InChI is InChI=1S/C28H48O7/c1-14(23(31)24(32)15(2)26(3,4)34)17-7-8-18-16(13-29)19(9-10-27(17,18)5)28(6)12-21(30)22-11-20(28)25(33)35-22/h14-24,29-32,34H,7-13H2,1-6H3/t14-,15+,16-,17+,18-,19-,20-,21+,22-,23+,24+,27+,28+/m0/s1.